The maximum absolute atomic E-state index is 12.2. The fourth-order valence-electron chi connectivity index (χ4n) is 5.83. The van der Waals surface area contributed by atoms with Gasteiger partial charge in [0.25, 0.3) is 0 Å². The van der Waals surface area contributed by atoms with Crippen LogP contribution in [0.2, 0.25) is 0 Å². The summed E-state index contributed by atoms with van der Waals surface area (Å²) in [6, 6.07) is 0. The number of hydrogen-bond donors (Lipinski definition) is 5. The Hall–Kier alpha value is -2.26. The van der Waals surface area contributed by atoms with E-state index in [1.807, 2.05) is 0 Å². The van der Waals surface area contributed by atoms with Crippen molar-refractivity contribution in [3.8, 4) is 0 Å². The van der Waals surface area contributed by atoms with Gasteiger partial charge in [-0.05, 0) is 57.8 Å². The standard InChI is InChI=1S/C47H84O15P2/c1-3-5-7-9-11-13-15-16-17-18-19-20-21-22-23-24-26-28-30-32-34-36-47(52)58-38-44(49)40-60-64(55,56)62-42-45(50)41-61-63(53,54)59-39-43(48)37-57-46(51)35-33-31-29-27-25-14-12-10-8-6-4-2/h5,7,11,13,16-17,19-20,22-23,43-45,48-50H,3-4,6,8-10,12,14-15,18,21,24-42H2,1-2H3,(H,53,54)(H,55,56)/b7-5-,13-11-,17-16-,20-19-,23-22-. The highest BCUT2D eigenvalue weighted by molar-refractivity contribution is 7.47. The van der Waals surface area contributed by atoms with Gasteiger partial charge in [0.1, 0.15) is 31.5 Å². The van der Waals surface area contributed by atoms with Crippen LogP contribution in [0.4, 0.5) is 0 Å². The van der Waals surface area contributed by atoms with Crippen molar-refractivity contribution >= 4 is 27.6 Å². The van der Waals surface area contributed by atoms with E-state index >= 15 is 0 Å². The topological polar surface area (TPSA) is 225 Å². The van der Waals surface area contributed by atoms with E-state index in [2.05, 4.69) is 92.7 Å². The van der Waals surface area contributed by atoms with E-state index in [0.717, 1.165) is 83.5 Å². The largest absolute Gasteiger partial charge is 0.472 e. The summed E-state index contributed by atoms with van der Waals surface area (Å²) in [7, 11) is -9.57. The van der Waals surface area contributed by atoms with E-state index in [4.69, 9.17) is 9.47 Å². The number of aliphatic hydroxyl groups excluding tert-OH is 3. The minimum absolute atomic E-state index is 0.172. The number of carbonyl (C=O) groups is 2. The zero-order valence-electron chi connectivity index (χ0n) is 38.9. The Morgan fingerprint density at radius 1 is 0.422 bits per heavy atom. The molecule has 0 bridgehead atoms. The normalized spacial score (nSPS) is 15.7. The molecule has 0 aliphatic rings. The molecule has 64 heavy (non-hydrogen) atoms. The van der Waals surface area contributed by atoms with Gasteiger partial charge in [-0.1, -0.05) is 158 Å². The maximum Gasteiger partial charge on any atom is 0.472 e. The molecule has 0 aliphatic heterocycles. The monoisotopic (exact) mass is 951 g/mol. The van der Waals surface area contributed by atoms with E-state index in [0.29, 0.717) is 12.8 Å². The molecule has 15 nitrogen and oxygen atoms in total. The Bertz CT molecular complexity index is 1380. The lowest BCUT2D eigenvalue weighted by molar-refractivity contribution is -0.148. The molecular formula is C47H84O15P2. The van der Waals surface area contributed by atoms with Crippen LogP contribution in [0.1, 0.15) is 168 Å². The lowest BCUT2D eigenvalue weighted by Gasteiger charge is -2.19. The number of aliphatic hydroxyl groups is 3. The lowest BCUT2D eigenvalue weighted by Crippen LogP contribution is -2.25. The van der Waals surface area contributed by atoms with Crippen molar-refractivity contribution in [1.29, 1.82) is 0 Å². The lowest BCUT2D eigenvalue weighted by atomic mass is 10.1. The van der Waals surface area contributed by atoms with Crippen molar-refractivity contribution in [3.63, 3.8) is 0 Å². The molecule has 0 amide bonds. The van der Waals surface area contributed by atoms with Gasteiger partial charge < -0.3 is 34.6 Å². The van der Waals surface area contributed by atoms with Crippen molar-refractivity contribution in [2.75, 3.05) is 39.6 Å². The fourth-order valence-corrected chi connectivity index (χ4v) is 7.42. The SMILES string of the molecule is CC/C=C\C/C=C\C/C=C\C/C=C\C/C=C\CCCCCCCC(=O)OCC(O)COP(=O)(O)OCC(O)COP(=O)(O)OCC(O)COC(=O)CCCCCCCCCCCCC. The van der Waals surface area contributed by atoms with Crippen LogP contribution in [0.25, 0.3) is 0 Å². The molecule has 0 radical (unpaired) electrons. The summed E-state index contributed by atoms with van der Waals surface area (Å²) in [6.45, 7) is 0.262. The number of carbonyl (C=O) groups excluding carboxylic acids is 2. The fraction of sp³-hybridized carbons (Fsp3) is 0.745. The first-order valence-corrected chi connectivity index (χ1v) is 26.6. The number of unbranched alkanes of at least 4 members (excludes halogenated alkanes) is 15. The highest BCUT2D eigenvalue weighted by Crippen LogP contribution is 2.45. The molecular weight excluding hydrogens is 866 g/mol. The van der Waals surface area contributed by atoms with Crippen LogP contribution < -0.4 is 0 Å². The van der Waals surface area contributed by atoms with Crippen LogP contribution in [-0.2, 0) is 46.3 Å². The second kappa shape index (κ2) is 43.3. The van der Waals surface area contributed by atoms with E-state index in [9.17, 15) is 43.8 Å². The third kappa shape index (κ3) is 44.9. The first-order chi connectivity index (χ1) is 30.8. The third-order valence-corrected chi connectivity index (χ3v) is 11.4. The number of ether oxygens (including phenoxy) is 2. The predicted molar refractivity (Wildman–Crippen MR) is 251 cm³/mol. The minimum Gasteiger partial charge on any atom is -0.463 e. The van der Waals surface area contributed by atoms with Gasteiger partial charge in [0.05, 0.1) is 26.4 Å². The third-order valence-electron chi connectivity index (χ3n) is 9.49. The zero-order valence-corrected chi connectivity index (χ0v) is 40.7. The van der Waals surface area contributed by atoms with Crippen LogP contribution in [0.3, 0.4) is 0 Å². The summed E-state index contributed by atoms with van der Waals surface area (Å²) in [6.07, 6.45) is 40.7. The van der Waals surface area contributed by atoms with Crippen LogP contribution in [0.15, 0.2) is 60.8 Å². The highest BCUT2D eigenvalue weighted by Gasteiger charge is 2.28. The summed E-state index contributed by atoms with van der Waals surface area (Å²) in [4.78, 5) is 43.7. The highest BCUT2D eigenvalue weighted by atomic mass is 31.2. The van der Waals surface area contributed by atoms with E-state index < -0.39 is 85.5 Å². The van der Waals surface area contributed by atoms with Crippen LogP contribution in [0, 0.1) is 0 Å². The van der Waals surface area contributed by atoms with Gasteiger partial charge in [-0.2, -0.15) is 0 Å². The molecule has 5 unspecified atom stereocenters. The predicted octanol–water partition coefficient (Wildman–Crippen LogP) is 10.6. The number of esters is 2. The second-order valence-corrected chi connectivity index (χ2v) is 18.7. The second-order valence-electron chi connectivity index (χ2n) is 15.7. The maximum atomic E-state index is 12.2. The molecule has 0 aromatic rings. The quantitative estimate of drug-likeness (QED) is 0.0166. The molecule has 0 fully saturated rings. The molecule has 5 N–H and O–H groups in total. The first kappa shape index (κ1) is 61.7. The molecule has 5 atom stereocenters. The number of phosphoric acid groups is 2. The molecule has 0 aliphatic carbocycles. The van der Waals surface area contributed by atoms with Gasteiger partial charge in [-0.25, -0.2) is 9.13 Å². The molecule has 0 aromatic carbocycles. The van der Waals surface area contributed by atoms with E-state index in [-0.39, 0.29) is 12.8 Å². The Labute approximate surface area is 384 Å². The average molecular weight is 951 g/mol. The first-order valence-electron chi connectivity index (χ1n) is 23.6. The number of phosphoric ester groups is 2. The van der Waals surface area contributed by atoms with Gasteiger partial charge in [0.2, 0.25) is 0 Å². The smallest absolute Gasteiger partial charge is 0.463 e. The van der Waals surface area contributed by atoms with Gasteiger partial charge in [-0.3, -0.25) is 27.7 Å². The number of allylic oxidation sites excluding steroid dienone is 10. The summed E-state index contributed by atoms with van der Waals surface area (Å²) in [5.41, 5.74) is 0. The Morgan fingerprint density at radius 2 is 0.719 bits per heavy atom. The van der Waals surface area contributed by atoms with Gasteiger partial charge in [0.15, 0.2) is 0 Å². The van der Waals surface area contributed by atoms with Gasteiger partial charge in [0, 0.05) is 12.8 Å². The molecule has 0 heterocycles. The van der Waals surface area contributed by atoms with Crippen molar-refractivity contribution in [1.82, 2.24) is 0 Å². The zero-order chi connectivity index (χ0) is 47.4. The van der Waals surface area contributed by atoms with Crippen LogP contribution >= 0.6 is 15.6 Å². The summed E-state index contributed by atoms with van der Waals surface area (Å²) in [5.74, 6) is -1.02. The number of rotatable bonds is 45. The Kier molecular flexibility index (Phi) is 41.8. The summed E-state index contributed by atoms with van der Waals surface area (Å²) < 4.78 is 52.9. The molecule has 0 saturated carbocycles. The Morgan fingerprint density at radius 3 is 1.08 bits per heavy atom. The minimum atomic E-state index is -4.79. The van der Waals surface area contributed by atoms with E-state index in [1.54, 1.807) is 0 Å². The summed E-state index contributed by atoms with van der Waals surface area (Å²) in [5, 5.41) is 30.0. The number of hydrogen-bond acceptors (Lipinski definition) is 13. The molecule has 0 spiro atoms. The van der Waals surface area contributed by atoms with Crippen molar-refractivity contribution in [2.24, 2.45) is 0 Å². The molecule has 0 rings (SSSR count). The molecule has 17 heteroatoms. The van der Waals surface area contributed by atoms with Crippen LogP contribution in [-0.4, -0.2) is 95.0 Å². The molecule has 0 aromatic heterocycles. The molecule has 0 saturated heterocycles. The van der Waals surface area contributed by atoms with Crippen molar-refractivity contribution in [2.45, 2.75) is 186 Å². The molecule has 372 valence electrons. The van der Waals surface area contributed by atoms with Crippen molar-refractivity contribution in [3.05, 3.63) is 60.8 Å². The van der Waals surface area contributed by atoms with Crippen molar-refractivity contribution < 1.29 is 71.4 Å². The van der Waals surface area contributed by atoms with Gasteiger partial charge >= 0.3 is 27.6 Å². The van der Waals surface area contributed by atoms with E-state index in [1.165, 1.54) is 44.9 Å². The Balaban J connectivity index is 3.92. The van der Waals surface area contributed by atoms with Crippen LogP contribution in [0.5, 0.6) is 0 Å². The summed E-state index contributed by atoms with van der Waals surface area (Å²) >= 11 is 0. The average Bonchev–Trinajstić information content (AvgIpc) is 3.27. The van der Waals surface area contributed by atoms with Gasteiger partial charge in [-0.15, -0.1) is 0 Å².